The molecule has 0 atom stereocenters. The van der Waals surface area contributed by atoms with Gasteiger partial charge >= 0.3 is 12.1 Å². The Morgan fingerprint density at radius 2 is 1.17 bits per heavy atom. The fourth-order valence-electron chi connectivity index (χ4n) is 0.227. The predicted octanol–water partition coefficient (Wildman–Crippen LogP) is -1.40. The summed E-state index contributed by atoms with van der Waals surface area (Å²) in [6, 6.07) is -0.157. The van der Waals surface area contributed by atoms with Crippen LogP contribution >= 0.6 is 0 Å². The van der Waals surface area contributed by atoms with Gasteiger partial charge in [0.1, 0.15) is 0 Å². The molecule has 0 radical (unpaired) electrons. The number of nitrogens with two attached hydrogens (primary N) is 1. The summed E-state index contributed by atoms with van der Waals surface area (Å²) in [5.41, 5.74) is 4.50. The van der Waals surface area contributed by atoms with Crippen molar-refractivity contribution in [2.24, 2.45) is 15.7 Å². The maximum atomic E-state index is 9.96. The molecular weight excluding hydrogens is 324 g/mol. The van der Waals surface area contributed by atoms with Gasteiger partial charge in [0.25, 0.3) is 0 Å². The molecule has 0 aliphatic heterocycles. The number of aliphatic hydroxyl groups excluding tert-OH is 1. The molecule has 0 aromatic rings. The lowest BCUT2D eigenvalue weighted by molar-refractivity contribution is 0.173. The molecule has 0 aromatic carbocycles. The minimum atomic E-state index is -0.407. The van der Waals surface area contributed by atoms with E-state index in [-0.39, 0.29) is 6.03 Å². The first-order chi connectivity index (χ1) is 11.4. The van der Waals surface area contributed by atoms with Gasteiger partial charge < -0.3 is 31.5 Å². The Kier molecular flexibility index (Phi) is 92.6. The molecule has 0 heterocycles. The van der Waals surface area contributed by atoms with Crippen LogP contribution in [-0.2, 0) is 14.3 Å². The summed E-state index contributed by atoms with van der Waals surface area (Å²) in [7, 11) is 11.2. The smallest absolute Gasteiger partial charge is 0.406 e. The third kappa shape index (κ3) is 122. The van der Waals surface area contributed by atoms with Crippen molar-refractivity contribution in [1.82, 2.24) is 16.0 Å². The molecule has 0 unspecified atom stereocenters. The van der Waals surface area contributed by atoms with Crippen LogP contribution in [0.1, 0.15) is 0 Å². The van der Waals surface area contributed by atoms with E-state index in [9.17, 15) is 9.59 Å². The zero-order valence-electron chi connectivity index (χ0n) is 15.5. The fraction of sp³-hybridized carbons (Fsp3) is 0.667. The first kappa shape index (κ1) is 37.5. The molecule has 12 nitrogen and oxygen atoms in total. The Morgan fingerprint density at radius 3 is 1.17 bits per heavy atom. The second-order valence-corrected chi connectivity index (χ2v) is 2.20. The number of urea groups is 1. The number of amides is 3. The summed E-state index contributed by atoms with van der Waals surface area (Å²) in [5, 5.41) is 14.0. The third-order valence-electron chi connectivity index (χ3n) is 1.03. The molecule has 0 aliphatic carbocycles. The highest BCUT2D eigenvalue weighted by Gasteiger charge is 1.85. The molecule has 0 fully saturated rings. The molecule has 0 spiro atoms. The van der Waals surface area contributed by atoms with Gasteiger partial charge in [0.15, 0.2) is 0 Å². The first-order valence-corrected chi connectivity index (χ1v) is 6.05. The van der Waals surface area contributed by atoms with Crippen LogP contribution in [0.4, 0.5) is 9.59 Å². The first-order valence-electron chi connectivity index (χ1n) is 6.05. The van der Waals surface area contributed by atoms with Crippen molar-refractivity contribution in [3.8, 4) is 0 Å². The summed E-state index contributed by atoms with van der Waals surface area (Å²) in [4.78, 5) is 43.4. The molecule has 144 valence electrons. The van der Waals surface area contributed by atoms with Crippen LogP contribution in [0, 0.1) is 0 Å². The molecular formula is C12H30N6O6. The Bertz CT molecular complexity index is 284. The van der Waals surface area contributed by atoms with Gasteiger partial charge in [-0.2, -0.15) is 0 Å². The van der Waals surface area contributed by atoms with E-state index in [1.165, 1.54) is 47.5 Å². The van der Waals surface area contributed by atoms with E-state index in [1.807, 2.05) is 0 Å². The number of methoxy groups -OCH3 is 1. The van der Waals surface area contributed by atoms with Crippen LogP contribution in [0.3, 0.4) is 0 Å². The standard InChI is InChI=1S/C3H8N2O.C3H7NO2.2C2H3NO.CH5N.CH4O/c1-4-3(6)5-2;1-4-3(5)6-2;2*1-3-2-4;2*1-2/h1-2H3,(H2,4,5,6);1-2H3,(H,4,5);2*1H3;2H2,1H3;2H,1H3. The zero-order valence-corrected chi connectivity index (χ0v) is 15.5. The van der Waals surface area contributed by atoms with Crippen LogP contribution < -0.4 is 21.7 Å². The van der Waals surface area contributed by atoms with Crippen molar-refractivity contribution in [3.05, 3.63) is 0 Å². The molecule has 0 saturated heterocycles. The summed E-state index contributed by atoms with van der Waals surface area (Å²) >= 11 is 0. The summed E-state index contributed by atoms with van der Waals surface area (Å²) in [6.45, 7) is 0. The van der Waals surface area contributed by atoms with Crippen LogP contribution in [0.2, 0.25) is 0 Å². The fourth-order valence-corrected chi connectivity index (χ4v) is 0.227. The third-order valence-corrected chi connectivity index (χ3v) is 1.03. The molecule has 6 N–H and O–H groups in total. The number of nitrogens with zero attached hydrogens (tertiary/aromatic N) is 2. The zero-order chi connectivity index (χ0) is 20.8. The summed E-state index contributed by atoms with van der Waals surface area (Å²) in [5.74, 6) is 0. The normalized spacial score (nSPS) is 5.42. The van der Waals surface area contributed by atoms with E-state index < -0.39 is 6.09 Å². The minimum Gasteiger partial charge on any atom is -0.453 e. The van der Waals surface area contributed by atoms with Gasteiger partial charge in [0, 0.05) is 42.3 Å². The van der Waals surface area contributed by atoms with Crippen molar-refractivity contribution in [2.75, 3.05) is 56.5 Å². The van der Waals surface area contributed by atoms with Gasteiger partial charge in [-0.05, 0) is 7.05 Å². The number of aliphatic hydroxyl groups is 1. The number of carbonyl (C=O) groups is 2. The van der Waals surface area contributed by atoms with E-state index in [1.54, 1.807) is 14.1 Å². The van der Waals surface area contributed by atoms with Crippen LogP contribution in [-0.4, -0.2) is 85.9 Å². The minimum absolute atomic E-state index is 0.157. The number of hydrogen-bond acceptors (Lipinski definition) is 9. The van der Waals surface area contributed by atoms with Gasteiger partial charge in [-0.15, -0.1) is 0 Å². The molecule has 0 bridgehead atoms. The lowest BCUT2D eigenvalue weighted by Gasteiger charge is -1.91. The Hall–Kier alpha value is -2.78. The van der Waals surface area contributed by atoms with Crippen LogP contribution in [0.15, 0.2) is 9.98 Å². The number of hydrogen-bond donors (Lipinski definition) is 5. The number of carbonyl (C=O) groups excluding carboxylic acids is 4. The van der Waals surface area contributed by atoms with Crippen molar-refractivity contribution >= 4 is 24.3 Å². The average molecular weight is 354 g/mol. The van der Waals surface area contributed by atoms with Crippen molar-refractivity contribution in [1.29, 1.82) is 0 Å². The lowest BCUT2D eigenvalue weighted by Crippen LogP contribution is -2.28. The molecule has 0 saturated carbocycles. The lowest BCUT2D eigenvalue weighted by atomic mass is 11.0. The predicted molar refractivity (Wildman–Crippen MR) is 91.3 cm³/mol. The molecule has 0 aliphatic rings. The topological polar surface area (TPSA) is 185 Å². The quantitative estimate of drug-likeness (QED) is 0.261. The number of alkyl carbamates (subject to hydrolysis) is 1. The highest BCUT2D eigenvalue weighted by atomic mass is 16.5. The molecule has 24 heavy (non-hydrogen) atoms. The van der Waals surface area contributed by atoms with Crippen molar-refractivity contribution in [2.45, 2.75) is 0 Å². The largest absolute Gasteiger partial charge is 0.453 e. The van der Waals surface area contributed by atoms with Gasteiger partial charge in [0.2, 0.25) is 12.2 Å². The van der Waals surface area contributed by atoms with Gasteiger partial charge in [-0.3, -0.25) is 0 Å². The van der Waals surface area contributed by atoms with Crippen LogP contribution in [0.5, 0.6) is 0 Å². The van der Waals surface area contributed by atoms with E-state index in [0.29, 0.717) is 0 Å². The maximum absolute atomic E-state index is 9.96. The molecule has 12 heteroatoms. The van der Waals surface area contributed by atoms with Gasteiger partial charge in [-0.1, -0.05) is 0 Å². The number of ether oxygens (including phenoxy) is 1. The van der Waals surface area contributed by atoms with Crippen molar-refractivity contribution in [3.63, 3.8) is 0 Å². The summed E-state index contributed by atoms with van der Waals surface area (Å²) < 4.78 is 4.15. The Balaban J connectivity index is -0.0000000426. The molecule has 0 rings (SSSR count). The summed E-state index contributed by atoms with van der Waals surface area (Å²) in [6.07, 6.45) is 2.20. The highest BCUT2D eigenvalue weighted by molar-refractivity contribution is 5.72. The average Bonchev–Trinajstić information content (AvgIpc) is 2.70. The van der Waals surface area contributed by atoms with E-state index in [4.69, 9.17) is 14.7 Å². The second-order valence-electron chi connectivity index (χ2n) is 2.20. The second kappa shape index (κ2) is 59.3. The number of nitrogens with one attached hydrogen (secondary N) is 3. The van der Waals surface area contributed by atoms with Crippen LogP contribution in [0.25, 0.3) is 0 Å². The van der Waals surface area contributed by atoms with Gasteiger partial charge in [0.05, 0.1) is 7.11 Å². The van der Waals surface area contributed by atoms with Gasteiger partial charge in [-0.25, -0.2) is 29.2 Å². The molecule has 3 amide bonds. The Morgan fingerprint density at radius 1 is 0.917 bits per heavy atom. The monoisotopic (exact) mass is 354 g/mol. The molecule has 0 aromatic heterocycles. The number of isocyanates is 2. The van der Waals surface area contributed by atoms with Crippen molar-refractivity contribution < 1.29 is 29.0 Å². The maximum Gasteiger partial charge on any atom is 0.406 e. The van der Waals surface area contributed by atoms with E-state index >= 15 is 0 Å². The van der Waals surface area contributed by atoms with E-state index in [2.05, 4.69) is 36.4 Å². The number of aliphatic imine (C=N–C) groups is 2. The van der Waals surface area contributed by atoms with E-state index in [0.717, 1.165) is 7.11 Å². The highest BCUT2D eigenvalue weighted by Crippen LogP contribution is 1.62. The number of rotatable bonds is 0. The Labute approximate surface area is 142 Å². The SMILES string of the molecule is CN.CN=C=O.CN=C=O.CNC(=O)NC.CNC(=O)OC.CO.